The van der Waals surface area contributed by atoms with Gasteiger partial charge in [-0.05, 0) is 43.7 Å². The first-order valence-electron chi connectivity index (χ1n) is 7.78. The Bertz CT molecular complexity index is 381. The molecular formula is C17H27BrFN. The van der Waals surface area contributed by atoms with Crippen LogP contribution in [0, 0.1) is 5.82 Å². The molecule has 20 heavy (non-hydrogen) atoms. The Hall–Kier alpha value is -0.410. The summed E-state index contributed by atoms with van der Waals surface area (Å²) in [6.07, 6.45) is 9.71. The summed E-state index contributed by atoms with van der Waals surface area (Å²) in [5.74, 6) is -0.101. The number of unbranched alkanes of at least 4 members (excludes halogenated alkanes) is 5. The van der Waals surface area contributed by atoms with Gasteiger partial charge < -0.3 is 5.32 Å². The molecule has 1 rings (SSSR count). The third-order valence-electron chi connectivity index (χ3n) is 3.79. The van der Waals surface area contributed by atoms with Gasteiger partial charge in [0.2, 0.25) is 0 Å². The van der Waals surface area contributed by atoms with Gasteiger partial charge in [0.05, 0.1) is 0 Å². The van der Waals surface area contributed by atoms with Gasteiger partial charge in [0.1, 0.15) is 5.82 Å². The normalized spacial score (nSPS) is 12.6. The van der Waals surface area contributed by atoms with Crippen LogP contribution in [-0.4, -0.2) is 13.1 Å². The SMILES string of the molecule is CCCCCCCCC(Cc1cc(Br)ccc1F)NC. The van der Waals surface area contributed by atoms with Crippen molar-refractivity contribution in [3.05, 3.63) is 34.1 Å². The highest BCUT2D eigenvalue weighted by atomic mass is 79.9. The molecule has 0 spiro atoms. The third-order valence-corrected chi connectivity index (χ3v) is 4.28. The number of hydrogen-bond donors (Lipinski definition) is 1. The van der Waals surface area contributed by atoms with E-state index in [1.54, 1.807) is 6.07 Å². The lowest BCUT2D eigenvalue weighted by Gasteiger charge is -2.16. The van der Waals surface area contributed by atoms with E-state index in [9.17, 15) is 4.39 Å². The van der Waals surface area contributed by atoms with Gasteiger partial charge in [0.15, 0.2) is 0 Å². The zero-order valence-electron chi connectivity index (χ0n) is 12.7. The van der Waals surface area contributed by atoms with E-state index >= 15 is 0 Å². The van der Waals surface area contributed by atoms with E-state index in [2.05, 4.69) is 28.2 Å². The molecule has 3 heteroatoms. The molecule has 0 amide bonds. The minimum atomic E-state index is -0.101. The molecule has 0 aromatic heterocycles. The second-order valence-corrected chi connectivity index (χ2v) is 6.40. The first kappa shape index (κ1) is 17.6. The van der Waals surface area contributed by atoms with Gasteiger partial charge in [0, 0.05) is 10.5 Å². The summed E-state index contributed by atoms with van der Waals surface area (Å²) in [7, 11) is 1.97. The van der Waals surface area contributed by atoms with Crippen LogP contribution in [0.4, 0.5) is 4.39 Å². The molecule has 114 valence electrons. The summed E-state index contributed by atoms with van der Waals surface area (Å²) in [5, 5.41) is 3.32. The van der Waals surface area contributed by atoms with Crippen molar-refractivity contribution in [1.82, 2.24) is 5.32 Å². The highest BCUT2D eigenvalue weighted by Gasteiger charge is 2.11. The lowest BCUT2D eigenvalue weighted by Crippen LogP contribution is -2.27. The molecule has 0 aliphatic heterocycles. The predicted octanol–water partition coefficient (Wildman–Crippen LogP) is 5.47. The number of hydrogen-bond acceptors (Lipinski definition) is 1. The highest BCUT2D eigenvalue weighted by Crippen LogP contribution is 2.18. The van der Waals surface area contributed by atoms with Crippen molar-refractivity contribution in [2.45, 2.75) is 64.3 Å². The van der Waals surface area contributed by atoms with Gasteiger partial charge >= 0.3 is 0 Å². The molecular weight excluding hydrogens is 317 g/mol. The second kappa shape index (κ2) is 10.3. The van der Waals surface area contributed by atoms with Gasteiger partial charge in [-0.1, -0.05) is 61.4 Å². The standard InChI is InChI=1S/C17H27BrFN/c1-3-4-5-6-7-8-9-16(20-2)13-14-12-15(18)10-11-17(14)19/h10-12,16,20H,3-9,13H2,1-2H3. The fourth-order valence-corrected chi connectivity index (χ4v) is 2.89. The van der Waals surface area contributed by atoms with E-state index < -0.39 is 0 Å². The Kier molecular flexibility index (Phi) is 9.12. The topological polar surface area (TPSA) is 12.0 Å². The van der Waals surface area contributed by atoms with Gasteiger partial charge in [-0.15, -0.1) is 0 Å². The number of halogens is 2. The maximum atomic E-state index is 13.7. The van der Waals surface area contributed by atoms with Crippen molar-refractivity contribution in [2.75, 3.05) is 7.05 Å². The van der Waals surface area contributed by atoms with Crippen molar-refractivity contribution in [3.8, 4) is 0 Å². The molecule has 1 N–H and O–H groups in total. The Morgan fingerprint density at radius 2 is 1.85 bits per heavy atom. The van der Waals surface area contributed by atoms with Crippen LogP contribution in [0.2, 0.25) is 0 Å². The summed E-state index contributed by atoms with van der Waals surface area (Å²) in [4.78, 5) is 0. The molecule has 0 bridgehead atoms. The number of benzene rings is 1. The molecule has 0 heterocycles. The molecule has 1 nitrogen and oxygen atoms in total. The third kappa shape index (κ3) is 6.85. The van der Waals surface area contributed by atoms with E-state index in [0.29, 0.717) is 6.04 Å². The highest BCUT2D eigenvalue weighted by molar-refractivity contribution is 9.10. The molecule has 1 aromatic carbocycles. The Morgan fingerprint density at radius 1 is 1.15 bits per heavy atom. The summed E-state index contributed by atoms with van der Waals surface area (Å²) in [6.45, 7) is 2.24. The van der Waals surface area contributed by atoms with Gasteiger partial charge in [-0.3, -0.25) is 0 Å². The van der Waals surface area contributed by atoms with Crippen molar-refractivity contribution in [1.29, 1.82) is 0 Å². The maximum absolute atomic E-state index is 13.7. The van der Waals surface area contributed by atoms with Crippen LogP contribution < -0.4 is 5.32 Å². The van der Waals surface area contributed by atoms with Gasteiger partial charge in [-0.2, -0.15) is 0 Å². The summed E-state index contributed by atoms with van der Waals surface area (Å²) in [6, 6.07) is 5.55. The average Bonchev–Trinajstić information content (AvgIpc) is 2.45. The first-order chi connectivity index (χ1) is 9.67. The van der Waals surface area contributed by atoms with Crippen molar-refractivity contribution < 1.29 is 4.39 Å². The van der Waals surface area contributed by atoms with Crippen LogP contribution in [0.5, 0.6) is 0 Å². The van der Waals surface area contributed by atoms with Crippen LogP contribution in [0.3, 0.4) is 0 Å². The summed E-state index contributed by atoms with van der Waals surface area (Å²) < 4.78 is 14.7. The largest absolute Gasteiger partial charge is 0.317 e. The lowest BCUT2D eigenvalue weighted by atomic mass is 9.99. The van der Waals surface area contributed by atoms with E-state index in [1.165, 1.54) is 44.6 Å². The average molecular weight is 344 g/mol. The summed E-state index contributed by atoms with van der Waals surface area (Å²) in [5.41, 5.74) is 0.796. The Balaban J connectivity index is 2.33. The lowest BCUT2D eigenvalue weighted by molar-refractivity contribution is 0.471. The van der Waals surface area contributed by atoms with Gasteiger partial charge in [-0.25, -0.2) is 4.39 Å². The van der Waals surface area contributed by atoms with Crippen molar-refractivity contribution in [3.63, 3.8) is 0 Å². The minimum absolute atomic E-state index is 0.101. The zero-order chi connectivity index (χ0) is 14.8. The zero-order valence-corrected chi connectivity index (χ0v) is 14.3. The molecule has 1 unspecified atom stereocenters. The Morgan fingerprint density at radius 3 is 2.55 bits per heavy atom. The van der Waals surface area contributed by atoms with E-state index in [0.717, 1.165) is 22.9 Å². The molecule has 0 saturated carbocycles. The number of likely N-dealkylation sites (N-methyl/N-ethyl adjacent to an activating group) is 1. The smallest absolute Gasteiger partial charge is 0.126 e. The molecule has 0 saturated heterocycles. The van der Waals surface area contributed by atoms with E-state index in [-0.39, 0.29) is 5.82 Å². The van der Waals surface area contributed by atoms with E-state index in [4.69, 9.17) is 0 Å². The van der Waals surface area contributed by atoms with E-state index in [1.807, 2.05) is 13.1 Å². The van der Waals surface area contributed by atoms with Crippen molar-refractivity contribution in [2.24, 2.45) is 0 Å². The maximum Gasteiger partial charge on any atom is 0.126 e. The number of nitrogens with one attached hydrogen (secondary N) is 1. The summed E-state index contributed by atoms with van der Waals surface area (Å²) >= 11 is 3.41. The minimum Gasteiger partial charge on any atom is -0.317 e. The van der Waals surface area contributed by atoms with Gasteiger partial charge in [0.25, 0.3) is 0 Å². The van der Waals surface area contributed by atoms with Crippen LogP contribution in [0.15, 0.2) is 22.7 Å². The Labute approximate surface area is 131 Å². The predicted molar refractivity (Wildman–Crippen MR) is 88.6 cm³/mol. The van der Waals surface area contributed by atoms with Crippen molar-refractivity contribution >= 4 is 15.9 Å². The monoisotopic (exact) mass is 343 g/mol. The molecule has 1 atom stereocenters. The number of rotatable bonds is 10. The fraction of sp³-hybridized carbons (Fsp3) is 0.647. The molecule has 0 aliphatic carbocycles. The molecule has 0 fully saturated rings. The van der Waals surface area contributed by atoms with Crippen LogP contribution in [0.25, 0.3) is 0 Å². The molecule has 0 radical (unpaired) electrons. The second-order valence-electron chi connectivity index (χ2n) is 5.48. The fourth-order valence-electron chi connectivity index (χ4n) is 2.48. The first-order valence-corrected chi connectivity index (χ1v) is 8.57. The molecule has 1 aromatic rings. The van der Waals surface area contributed by atoms with Crippen LogP contribution >= 0.6 is 15.9 Å². The molecule has 0 aliphatic rings. The quantitative estimate of drug-likeness (QED) is 0.555. The van der Waals surface area contributed by atoms with Crippen LogP contribution in [-0.2, 0) is 6.42 Å². The van der Waals surface area contributed by atoms with Crippen LogP contribution in [0.1, 0.15) is 57.4 Å².